The van der Waals surface area contributed by atoms with Crippen LogP contribution in [0.3, 0.4) is 0 Å². The van der Waals surface area contributed by atoms with Crippen LogP contribution in [0.15, 0.2) is 82.0 Å². The fourth-order valence-electron chi connectivity index (χ4n) is 3.20. The highest BCUT2D eigenvalue weighted by atomic mass is 19.1. The Morgan fingerprint density at radius 2 is 1.68 bits per heavy atom. The van der Waals surface area contributed by atoms with Gasteiger partial charge >= 0.3 is 5.63 Å². The molecule has 4 aromatic rings. The Bertz CT molecular complexity index is 1280. The molecular formula is C25H20FNO4. The van der Waals surface area contributed by atoms with Crippen molar-refractivity contribution in [2.24, 2.45) is 0 Å². The molecule has 156 valence electrons. The molecule has 0 aliphatic heterocycles. The van der Waals surface area contributed by atoms with E-state index in [1.807, 2.05) is 31.2 Å². The van der Waals surface area contributed by atoms with E-state index in [-0.39, 0.29) is 11.7 Å². The van der Waals surface area contributed by atoms with E-state index in [1.54, 1.807) is 30.3 Å². The van der Waals surface area contributed by atoms with Crippen LogP contribution in [0.2, 0.25) is 0 Å². The Morgan fingerprint density at radius 1 is 0.968 bits per heavy atom. The maximum atomic E-state index is 12.9. The first-order valence-corrected chi connectivity index (χ1v) is 9.77. The summed E-state index contributed by atoms with van der Waals surface area (Å²) in [6.45, 7) is 2.48. The van der Waals surface area contributed by atoms with Crippen molar-refractivity contribution in [1.29, 1.82) is 0 Å². The number of halogens is 1. The second-order valence-electron chi connectivity index (χ2n) is 7.20. The lowest BCUT2D eigenvalue weighted by Crippen LogP contribution is -2.22. The van der Waals surface area contributed by atoms with Crippen LogP contribution in [0.25, 0.3) is 11.0 Å². The standard InChI is InChI=1S/C25H20FNO4/c1-16-12-24(28)31-23-13-21(10-11-22(16)23)30-15-18-2-6-19(7-3-18)25(29)27-14-17-4-8-20(26)9-5-17/h2-13H,14-15H2,1H3,(H,27,29). The van der Waals surface area contributed by atoms with Crippen LogP contribution in [0.5, 0.6) is 5.75 Å². The van der Waals surface area contributed by atoms with Crippen LogP contribution in [-0.4, -0.2) is 5.91 Å². The Balaban J connectivity index is 1.36. The molecule has 0 radical (unpaired) electrons. The molecule has 0 bridgehead atoms. The number of fused-ring (bicyclic) bond motifs is 1. The van der Waals surface area contributed by atoms with E-state index in [0.717, 1.165) is 22.1 Å². The molecule has 0 saturated carbocycles. The van der Waals surface area contributed by atoms with Crippen LogP contribution in [0, 0.1) is 12.7 Å². The van der Waals surface area contributed by atoms with Crippen molar-refractivity contribution in [1.82, 2.24) is 5.32 Å². The van der Waals surface area contributed by atoms with Gasteiger partial charge in [-0.2, -0.15) is 0 Å². The van der Waals surface area contributed by atoms with Gasteiger partial charge in [0.05, 0.1) is 0 Å². The van der Waals surface area contributed by atoms with Gasteiger partial charge in [-0.05, 0) is 60.0 Å². The van der Waals surface area contributed by atoms with E-state index in [2.05, 4.69) is 5.32 Å². The van der Waals surface area contributed by atoms with Gasteiger partial charge < -0.3 is 14.5 Å². The lowest BCUT2D eigenvalue weighted by molar-refractivity contribution is 0.0951. The van der Waals surface area contributed by atoms with E-state index in [1.165, 1.54) is 18.2 Å². The van der Waals surface area contributed by atoms with E-state index >= 15 is 0 Å². The summed E-state index contributed by atoms with van der Waals surface area (Å²) in [5.41, 5.74) is 3.17. The first-order chi connectivity index (χ1) is 15.0. The predicted octanol–water partition coefficient (Wildman–Crippen LogP) is 4.75. The molecule has 5 nitrogen and oxygen atoms in total. The number of rotatable bonds is 6. The molecule has 31 heavy (non-hydrogen) atoms. The predicted molar refractivity (Wildman–Crippen MR) is 116 cm³/mol. The molecule has 1 N–H and O–H groups in total. The number of benzene rings is 3. The zero-order valence-electron chi connectivity index (χ0n) is 16.9. The topological polar surface area (TPSA) is 68.5 Å². The minimum absolute atomic E-state index is 0.211. The van der Waals surface area contributed by atoms with Crippen molar-refractivity contribution < 1.29 is 18.3 Å². The van der Waals surface area contributed by atoms with Gasteiger partial charge in [0.1, 0.15) is 23.8 Å². The summed E-state index contributed by atoms with van der Waals surface area (Å²) in [5, 5.41) is 3.67. The second kappa shape index (κ2) is 8.83. The molecule has 1 aromatic heterocycles. The third-order valence-corrected chi connectivity index (χ3v) is 4.91. The van der Waals surface area contributed by atoms with Crippen LogP contribution in [0.4, 0.5) is 4.39 Å². The van der Waals surface area contributed by atoms with Gasteiger partial charge in [0.15, 0.2) is 0 Å². The summed E-state index contributed by atoms with van der Waals surface area (Å²) in [7, 11) is 0. The second-order valence-corrected chi connectivity index (χ2v) is 7.20. The number of ether oxygens (including phenoxy) is 1. The summed E-state index contributed by atoms with van der Waals surface area (Å²) in [4.78, 5) is 23.9. The van der Waals surface area contributed by atoms with Crippen LogP contribution >= 0.6 is 0 Å². The van der Waals surface area contributed by atoms with Crippen LogP contribution in [0.1, 0.15) is 27.0 Å². The molecule has 0 spiro atoms. The molecule has 1 amide bonds. The number of hydrogen-bond acceptors (Lipinski definition) is 4. The average Bonchev–Trinajstić information content (AvgIpc) is 2.77. The van der Waals surface area contributed by atoms with Gasteiger partial charge in [-0.15, -0.1) is 0 Å². The smallest absolute Gasteiger partial charge is 0.336 e. The van der Waals surface area contributed by atoms with Gasteiger partial charge in [-0.3, -0.25) is 4.79 Å². The summed E-state index contributed by atoms with van der Waals surface area (Å²) in [6.07, 6.45) is 0. The van der Waals surface area contributed by atoms with Crippen molar-refractivity contribution >= 4 is 16.9 Å². The number of hydrogen-bond donors (Lipinski definition) is 1. The molecule has 0 aliphatic rings. The van der Waals surface area contributed by atoms with Gasteiger partial charge in [0, 0.05) is 29.6 Å². The zero-order valence-corrected chi connectivity index (χ0v) is 16.9. The number of amides is 1. The molecule has 1 heterocycles. The first kappa shape index (κ1) is 20.3. The Labute approximate surface area is 178 Å². The quantitative estimate of drug-likeness (QED) is 0.460. The largest absolute Gasteiger partial charge is 0.489 e. The molecule has 0 fully saturated rings. The van der Waals surface area contributed by atoms with E-state index in [0.29, 0.717) is 30.0 Å². The highest BCUT2D eigenvalue weighted by Gasteiger charge is 2.07. The minimum atomic E-state index is -0.393. The maximum Gasteiger partial charge on any atom is 0.336 e. The Kier molecular flexibility index (Phi) is 5.80. The summed E-state index contributed by atoms with van der Waals surface area (Å²) in [6, 6.07) is 19.9. The van der Waals surface area contributed by atoms with E-state index < -0.39 is 5.63 Å². The Hall–Kier alpha value is -3.93. The lowest BCUT2D eigenvalue weighted by atomic mass is 10.1. The third kappa shape index (κ3) is 4.98. The van der Waals surface area contributed by atoms with Gasteiger partial charge in [0.25, 0.3) is 5.91 Å². The first-order valence-electron chi connectivity index (χ1n) is 9.77. The van der Waals surface area contributed by atoms with Crippen molar-refractivity contribution in [2.45, 2.75) is 20.1 Å². The highest BCUT2D eigenvalue weighted by Crippen LogP contribution is 2.23. The molecule has 6 heteroatoms. The van der Waals surface area contributed by atoms with Crippen LogP contribution < -0.4 is 15.7 Å². The molecule has 0 aliphatic carbocycles. The van der Waals surface area contributed by atoms with Crippen molar-refractivity contribution in [2.75, 3.05) is 0 Å². The molecule has 0 saturated heterocycles. The molecule has 3 aromatic carbocycles. The maximum absolute atomic E-state index is 12.9. The van der Waals surface area contributed by atoms with Gasteiger partial charge in [-0.25, -0.2) is 9.18 Å². The van der Waals surface area contributed by atoms with Crippen LogP contribution in [-0.2, 0) is 13.2 Å². The number of aryl methyl sites for hydroxylation is 1. The lowest BCUT2D eigenvalue weighted by Gasteiger charge is -2.09. The summed E-state index contributed by atoms with van der Waals surface area (Å²) >= 11 is 0. The monoisotopic (exact) mass is 417 g/mol. The molecular weight excluding hydrogens is 397 g/mol. The molecule has 0 unspecified atom stereocenters. The van der Waals surface area contributed by atoms with E-state index in [9.17, 15) is 14.0 Å². The van der Waals surface area contributed by atoms with E-state index in [4.69, 9.17) is 9.15 Å². The van der Waals surface area contributed by atoms with Gasteiger partial charge in [0.2, 0.25) is 0 Å². The Morgan fingerprint density at radius 3 is 2.42 bits per heavy atom. The average molecular weight is 417 g/mol. The van der Waals surface area contributed by atoms with Crippen molar-refractivity contribution in [3.63, 3.8) is 0 Å². The molecule has 4 rings (SSSR count). The van der Waals surface area contributed by atoms with Gasteiger partial charge in [-0.1, -0.05) is 24.3 Å². The number of carbonyl (C=O) groups excluding carboxylic acids is 1. The summed E-state index contributed by atoms with van der Waals surface area (Å²) < 4.78 is 24.0. The molecule has 0 atom stereocenters. The SMILES string of the molecule is Cc1cc(=O)oc2cc(OCc3ccc(C(=O)NCc4ccc(F)cc4)cc3)ccc12. The summed E-state index contributed by atoms with van der Waals surface area (Å²) in [5.74, 6) is 0.0651. The fourth-order valence-corrected chi connectivity index (χ4v) is 3.20. The fraction of sp³-hybridized carbons (Fsp3) is 0.120. The number of nitrogens with one attached hydrogen (secondary N) is 1. The minimum Gasteiger partial charge on any atom is -0.489 e. The number of carbonyl (C=O) groups is 1. The zero-order chi connectivity index (χ0) is 21.8. The normalized spacial score (nSPS) is 10.8. The van der Waals surface area contributed by atoms with Crippen molar-refractivity contribution in [3.05, 3.63) is 111 Å². The highest BCUT2D eigenvalue weighted by molar-refractivity contribution is 5.94. The third-order valence-electron chi connectivity index (χ3n) is 4.91. The van der Waals surface area contributed by atoms with Crippen molar-refractivity contribution in [3.8, 4) is 5.75 Å².